The van der Waals surface area contributed by atoms with Crippen LogP contribution in [-0.4, -0.2) is 27.4 Å². The molecule has 0 bridgehead atoms. The largest absolute Gasteiger partial charge is 0.334 e. The van der Waals surface area contributed by atoms with Crippen molar-refractivity contribution in [2.45, 2.75) is 73.9 Å². The predicted molar refractivity (Wildman–Crippen MR) is 158 cm³/mol. The van der Waals surface area contributed by atoms with E-state index in [1.807, 2.05) is 65.8 Å². The van der Waals surface area contributed by atoms with Crippen molar-refractivity contribution in [1.29, 1.82) is 0 Å². The van der Waals surface area contributed by atoms with Gasteiger partial charge in [-0.1, -0.05) is 57.5 Å². The predicted octanol–water partition coefficient (Wildman–Crippen LogP) is 5.56. The minimum absolute atomic E-state index is 0.167. The molecule has 2 heterocycles. The van der Waals surface area contributed by atoms with E-state index in [4.69, 9.17) is 0 Å². The van der Waals surface area contributed by atoms with Crippen molar-refractivity contribution >= 4 is 34.4 Å². The minimum Gasteiger partial charge on any atom is -0.334 e. The standard InChI is InChI=1S/C23H23N5O4.C3H6.2C2H6/c1-13-3-6-16(7-4-13)26-23(32)24-12-15-5-8-18-17(11-15)22(31)28(14(2)25-18)19-9-10-20(29)27-21(19)30;1-3-2;2*1-2/h3-8,11,19H,9-10,12H2,1-2H3,(H2,24,26,32)(H,27,29,30);3H,1H2,2H3;2*1-2H3/t19-;;;/m0.../s1. The van der Waals surface area contributed by atoms with Crippen molar-refractivity contribution < 1.29 is 14.4 Å². The summed E-state index contributed by atoms with van der Waals surface area (Å²) >= 11 is 0. The van der Waals surface area contributed by atoms with Crippen LogP contribution in [0.25, 0.3) is 10.9 Å². The van der Waals surface area contributed by atoms with Gasteiger partial charge in [0.25, 0.3) is 5.56 Å². The van der Waals surface area contributed by atoms with Gasteiger partial charge in [0.1, 0.15) is 11.9 Å². The van der Waals surface area contributed by atoms with Gasteiger partial charge < -0.3 is 10.6 Å². The summed E-state index contributed by atoms with van der Waals surface area (Å²) in [4.78, 5) is 53.6. The number of aryl methyl sites for hydroxylation is 2. The molecule has 0 radical (unpaired) electrons. The smallest absolute Gasteiger partial charge is 0.319 e. The van der Waals surface area contributed by atoms with Crippen molar-refractivity contribution in [3.8, 4) is 0 Å². The van der Waals surface area contributed by atoms with Crippen LogP contribution < -0.4 is 21.5 Å². The number of anilines is 1. The Morgan fingerprint density at radius 1 is 1.08 bits per heavy atom. The molecule has 1 aromatic heterocycles. The molecule has 9 nitrogen and oxygen atoms in total. The number of carbonyl (C=O) groups excluding carboxylic acids is 3. The molecule has 3 N–H and O–H groups in total. The number of aromatic nitrogens is 2. The maximum absolute atomic E-state index is 13.2. The van der Waals surface area contributed by atoms with Gasteiger partial charge in [-0.2, -0.15) is 0 Å². The van der Waals surface area contributed by atoms with Crippen LogP contribution >= 0.6 is 0 Å². The molecule has 0 unspecified atom stereocenters. The van der Waals surface area contributed by atoms with Crippen LogP contribution in [0.5, 0.6) is 0 Å². The second-order valence-electron chi connectivity index (χ2n) is 8.23. The summed E-state index contributed by atoms with van der Waals surface area (Å²) in [7, 11) is 0. The monoisotopic (exact) mass is 535 g/mol. The summed E-state index contributed by atoms with van der Waals surface area (Å²) in [5.74, 6) is -0.443. The van der Waals surface area contributed by atoms with Crippen LogP contribution in [0.15, 0.2) is 59.9 Å². The molecule has 1 atom stereocenters. The summed E-state index contributed by atoms with van der Waals surface area (Å²) in [6, 6.07) is 11.5. The SMILES string of the molecule is C=CC.CC.CC.Cc1ccc(NC(=O)NCc2ccc3nc(C)n([C@H]4CCC(=O)NC4=O)c(=O)c3c2)cc1. The Morgan fingerprint density at radius 3 is 2.28 bits per heavy atom. The number of imide groups is 1. The number of urea groups is 1. The fourth-order valence-electron chi connectivity index (χ4n) is 3.76. The second kappa shape index (κ2) is 16.5. The topological polar surface area (TPSA) is 122 Å². The van der Waals surface area contributed by atoms with Gasteiger partial charge in [-0.3, -0.25) is 24.3 Å². The maximum Gasteiger partial charge on any atom is 0.319 e. The number of hydrogen-bond donors (Lipinski definition) is 3. The van der Waals surface area contributed by atoms with Crippen LogP contribution in [0.2, 0.25) is 0 Å². The first-order valence-electron chi connectivity index (χ1n) is 13.3. The lowest BCUT2D eigenvalue weighted by Gasteiger charge is -2.24. The van der Waals surface area contributed by atoms with Crippen molar-refractivity contribution in [2.75, 3.05) is 5.32 Å². The van der Waals surface area contributed by atoms with E-state index in [0.717, 1.165) is 5.56 Å². The van der Waals surface area contributed by atoms with Crippen molar-refractivity contribution in [3.05, 3.63) is 82.4 Å². The number of piperidine rings is 1. The van der Waals surface area contributed by atoms with E-state index in [1.165, 1.54) is 4.57 Å². The summed E-state index contributed by atoms with van der Waals surface area (Å²) < 4.78 is 1.34. The number of fused-ring (bicyclic) bond motifs is 1. The fourth-order valence-corrected chi connectivity index (χ4v) is 3.76. The second-order valence-corrected chi connectivity index (χ2v) is 8.23. The molecule has 39 heavy (non-hydrogen) atoms. The molecule has 1 fully saturated rings. The molecule has 0 aliphatic carbocycles. The average Bonchev–Trinajstić information content (AvgIpc) is 2.93. The van der Waals surface area contributed by atoms with Crippen LogP contribution in [-0.2, 0) is 16.1 Å². The highest BCUT2D eigenvalue weighted by Crippen LogP contribution is 2.20. The number of nitrogens with one attached hydrogen (secondary N) is 3. The van der Waals surface area contributed by atoms with Gasteiger partial charge in [-0.25, -0.2) is 9.78 Å². The number of rotatable bonds is 4. The van der Waals surface area contributed by atoms with E-state index in [0.29, 0.717) is 28.0 Å². The number of hydrogen-bond acceptors (Lipinski definition) is 5. The van der Waals surface area contributed by atoms with Gasteiger partial charge in [0.15, 0.2) is 0 Å². The molecule has 3 aromatic rings. The van der Waals surface area contributed by atoms with Gasteiger partial charge >= 0.3 is 6.03 Å². The van der Waals surface area contributed by atoms with Crippen LogP contribution in [0.3, 0.4) is 0 Å². The summed E-state index contributed by atoms with van der Waals surface area (Å²) in [5.41, 5.74) is 2.64. The maximum atomic E-state index is 13.2. The highest BCUT2D eigenvalue weighted by molar-refractivity contribution is 5.99. The lowest BCUT2D eigenvalue weighted by Crippen LogP contribution is -2.45. The molecular formula is C30H41N5O4. The molecule has 0 spiro atoms. The van der Waals surface area contributed by atoms with E-state index in [-0.39, 0.29) is 36.9 Å². The molecule has 1 saturated heterocycles. The Bertz CT molecular complexity index is 1330. The van der Waals surface area contributed by atoms with Crippen LogP contribution in [0.1, 0.15) is 70.5 Å². The molecule has 4 amide bonds. The Morgan fingerprint density at radius 2 is 1.69 bits per heavy atom. The third-order valence-electron chi connectivity index (χ3n) is 5.43. The zero-order valence-electron chi connectivity index (χ0n) is 24.1. The number of allylic oxidation sites excluding steroid dienone is 1. The molecule has 2 aromatic carbocycles. The van der Waals surface area contributed by atoms with Gasteiger partial charge in [0, 0.05) is 18.7 Å². The van der Waals surface area contributed by atoms with Gasteiger partial charge in [-0.05, 0) is 57.0 Å². The van der Waals surface area contributed by atoms with Gasteiger partial charge in [0.2, 0.25) is 11.8 Å². The molecule has 1 aliphatic heterocycles. The highest BCUT2D eigenvalue weighted by Gasteiger charge is 2.30. The third kappa shape index (κ3) is 9.21. The number of benzene rings is 2. The van der Waals surface area contributed by atoms with Crippen molar-refractivity contribution in [2.24, 2.45) is 0 Å². The normalized spacial score (nSPS) is 13.8. The third-order valence-corrected chi connectivity index (χ3v) is 5.43. The zero-order valence-corrected chi connectivity index (χ0v) is 24.1. The van der Waals surface area contributed by atoms with Gasteiger partial charge in [-0.15, -0.1) is 6.58 Å². The van der Waals surface area contributed by atoms with Gasteiger partial charge in [0.05, 0.1) is 10.9 Å². The number of carbonyl (C=O) groups is 3. The average molecular weight is 536 g/mol. The zero-order chi connectivity index (χ0) is 29.5. The van der Waals surface area contributed by atoms with E-state index in [9.17, 15) is 19.2 Å². The minimum atomic E-state index is -0.779. The van der Waals surface area contributed by atoms with Crippen molar-refractivity contribution in [1.82, 2.24) is 20.2 Å². The lowest BCUT2D eigenvalue weighted by atomic mass is 10.0. The molecule has 1 aliphatic rings. The lowest BCUT2D eigenvalue weighted by molar-refractivity contribution is -0.135. The summed E-state index contributed by atoms with van der Waals surface area (Å²) in [6.45, 7) is 17.1. The van der Waals surface area contributed by atoms with Crippen LogP contribution in [0, 0.1) is 13.8 Å². The molecule has 9 heteroatoms. The number of amides is 4. The first-order valence-corrected chi connectivity index (χ1v) is 13.3. The molecule has 0 saturated carbocycles. The van der Waals surface area contributed by atoms with E-state index >= 15 is 0 Å². The Kier molecular flexibility index (Phi) is 13.9. The highest BCUT2D eigenvalue weighted by atomic mass is 16.2. The van der Waals surface area contributed by atoms with Crippen molar-refractivity contribution in [3.63, 3.8) is 0 Å². The summed E-state index contributed by atoms with van der Waals surface area (Å²) in [6.07, 6.45) is 2.17. The number of nitrogens with zero attached hydrogens (tertiary/aromatic N) is 2. The Labute approximate surface area is 230 Å². The van der Waals surface area contributed by atoms with E-state index in [1.54, 1.807) is 31.2 Å². The van der Waals surface area contributed by atoms with Crippen LogP contribution in [0.4, 0.5) is 10.5 Å². The Hall–Kier alpha value is -4.27. The Balaban J connectivity index is 0.000000996. The van der Waals surface area contributed by atoms with E-state index < -0.39 is 11.9 Å². The fraction of sp³-hybridized carbons (Fsp3) is 0.367. The molecule has 210 valence electrons. The quantitative estimate of drug-likeness (QED) is 0.298. The van der Waals surface area contributed by atoms with E-state index in [2.05, 4.69) is 27.5 Å². The molecule has 4 rings (SSSR count). The molecular weight excluding hydrogens is 494 g/mol. The first kappa shape index (κ1) is 32.8. The first-order chi connectivity index (χ1) is 18.7. The summed E-state index contributed by atoms with van der Waals surface area (Å²) in [5, 5.41) is 8.15.